The van der Waals surface area contributed by atoms with Gasteiger partial charge in [-0.2, -0.15) is 0 Å². The maximum absolute atomic E-state index is 11.5. The number of anilines is 2. The summed E-state index contributed by atoms with van der Waals surface area (Å²) >= 11 is 0. The fourth-order valence-corrected chi connectivity index (χ4v) is 4.59. The van der Waals surface area contributed by atoms with Crippen LogP contribution >= 0.6 is 0 Å². The lowest BCUT2D eigenvalue weighted by Gasteiger charge is -2.14. The molecule has 4 unspecified atom stereocenters. The highest BCUT2D eigenvalue weighted by atomic mass is 16.1. The number of hydrogen-bond acceptors (Lipinski definition) is 3. The molecule has 4 rings (SSSR count). The van der Waals surface area contributed by atoms with Gasteiger partial charge in [0, 0.05) is 17.4 Å². The van der Waals surface area contributed by atoms with E-state index in [0.717, 1.165) is 29.4 Å². The third-order valence-electron chi connectivity index (χ3n) is 5.37. The van der Waals surface area contributed by atoms with Crippen molar-refractivity contribution >= 4 is 17.3 Å². The minimum atomic E-state index is -0.392. The molecule has 2 bridgehead atoms. The Balaban J connectivity index is 1.58. The molecule has 3 aliphatic rings. The molecule has 0 radical (unpaired) electrons. The predicted molar refractivity (Wildman–Crippen MR) is 74.6 cm³/mol. The standard InChI is InChI=1S/C15H19N3O/c16-9-3-4-10(15(17)19)11(6-9)18-14-12-7-1-2-8(5-7)13(12)14/h3-4,6-8,12-14,18H,1-2,5,16H2,(H2,17,19). The first-order valence-electron chi connectivity index (χ1n) is 7.11. The quantitative estimate of drug-likeness (QED) is 0.722. The highest BCUT2D eigenvalue weighted by molar-refractivity contribution is 5.99. The third-order valence-corrected chi connectivity index (χ3v) is 5.37. The van der Waals surface area contributed by atoms with Gasteiger partial charge >= 0.3 is 0 Å². The van der Waals surface area contributed by atoms with E-state index in [1.165, 1.54) is 19.3 Å². The molecular weight excluding hydrogens is 238 g/mol. The highest BCUT2D eigenvalue weighted by Crippen LogP contribution is 2.66. The van der Waals surface area contributed by atoms with Gasteiger partial charge in [-0.15, -0.1) is 0 Å². The van der Waals surface area contributed by atoms with Crippen LogP contribution < -0.4 is 16.8 Å². The molecule has 4 atom stereocenters. The third kappa shape index (κ3) is 1.55. The van der Waals surface area contributed by atoms with Crippen LogP contribution in [0.5, 0.6) is 0 Å². The van der Waals surface area contributed by atoms with Gasteiger partial charge in [0.05, 0.1) is 5.56 Å². The molecule has 0 saturated heterocycles. The largest absolute Gasteiger partial charge is 0.399 e. The SMILES string of the molecule is NC(=O)c1ccc(N)cc1NC1C2C3CCC(C3)C12. The monoisotopic (exact) mass is 257 g/mol. The van der Waals surface area contributed by atoms with Crippen LogP contribution in [0.3, 0.4) is 0 Å². The molecule has 0 spiro atoms. The number of hydrogen-bond donors (Lipinski definition) is 3. The Kier molecular flexibility index (Phi) is 2.14. The zero-order chi connectivity index (χ0) is 13.1. The summed E-state index contributed by atoms with van der Waals surface area (Å²) in [4.78, 5) is 11.5. The van der Waals surface area contributed by atoms with Crippen LogP contribution in [-0.4, -0.2) is 11.9 Å². The van der Waals surface area contributed by atoms with Gasteiger partial charge in [0.15, 0.2) is 0 Å². The van der Waals surface area contributed by atoms with E-state index < -0.39 is 5.91 Å². The van der Waals surface area contributed by atoms with Crippen molar-refractivity contribution in [3.8, 4) is 0 Å². The topological polar surface area (TPSA) is 81.1 Å². The molecule has 3 fully saturated rings. The van der Waals surface area contributed by atoms with Crippen LogP contribution in [0.2, 0.25) is 0 Å². The van der Waals surface area contributed by atoms with Crippen molar-refractivity contribution in [2.45, 2.75) is 25.3 Å². The molecule has 5 N–H and O–H groups in total. The Labute approximate surface area is 112 Å². The predicted octanol–water partition coefficient (Wildman–Crippen LogP) is 1.82. The molecule has 0 aromatic heterocycles. The van der Waals surface area contributed by atoms with Crippen LogP contribution in [-0.2, 0) is 0 Å². The molecule has 100 valence electrons. The van der Waals surface area contributed by atoms with E-state index in [4.69, 9.17) is 11.5 Å². The number of rotatable bonds is 3. The second-order valence-corrected chi connectivity index (χ2v) is 6.33. The zero-order valence-corrected chi connectivity index (χ0v) is 10.8. The summed E-state index contributed by atoms with van der Waals surface area (Å²) in [5.41, 5.74) is 13.3. The number of nitrogens with one attached hydrogen (secondary N) is 1. The molecular formula is C15H19N3O. The molecule has 1 aromatic rings. The minimum Gasteiger partial charge on any atom is -0.399 e. The first kappa shape index (κ1) is 11.1. The number of amides is 1. The second kappa shape index (κ2) is 3.65. The van der Waals surface area contributed by atoms with Crippen LogP contribution in [0.1, 0.15) is 29.6 Å². The number of nitrogen functional groups attached to an aromatic ring is 1. The molecule has 3 aliphatic carbocycles. The number of primary amides is 1. The van der Waals surface area contributed by atoms with Crippen LogP contribution in [0.25, 0.3) is 0 Å². The van der Waals surface area contributed by atoms with Crippen molar-refractivity contribution in [2.24, 2.45) is 29.4 Å². The van der Waals surface area contributed by atoms with Crippen molar-refractivity contribution in [3.05, 3.63) is 23.8 Å². The average Bonchev–Trinajstić information content (AvgIpc) is 2.78. The summed E-state index contributed by atoms with van der Waals surface area (Å²) in [6, 6.07) is 5.80. The average molecular weight is 257 g/mol. The molecule has 3 saturated carbocycles. The molecule has 0 aliphatic heterocycles. The van der Waals surface area contributed by atoms with E-state index in [9.17, 15) is 4.79 Å². The lowest BCUT2D eigenvalue weighted by molar-refractivity contribution is 0.100. The maximum Gasteiger partial charge on any atom is 0.250 e. The summed E-state index contributed by atoms with van der Waals surface area (Å²) < 4.78 is 0. The maximum atomic E-state index is 11.5. The molecule has 1 aromatic carbocycles. The molecule has 4 heteroatoms. The summed E-state index contributed by atoms with van der Waals surface area (Å²) in [6.45, 7) is 0. The van der Waals surface area contributed by atoms with Gasteiger partial charge in [-0.05, 0) is 61.1 Å². The van der Waals surface area contributed by atoms with Gasteiger partial charge in [0.25, 0.3) is 5.91 Å². The molecule has 1 amide bonds. The fraction of sp³-hybridized carbons (Fsp3) is 0.533. The molecule has 0 heterocycles. The summed E-state index contributed by atoms with van der Waals surface area (Å²) in [5.74, 6) is 3.06. The van der Waals surface area contributed by atoms with Gasteiger partial charge in [-0.25, -0.2) is 0 Å². The Hall–Kier alpha value is -1.71. The number of carbonyl (C=O) groups excluding carboxylic acids is 1. The highest BCUT2D eigenvalue weighted by Gasteiger charge is 2.65. The number of carbonyl (C=O) groups is 1. The minimum absolute atomic E-state index is 0.392. The van der Waals surface area contributed by atoms with Crippen LogP contribution in [0.15, 0.2) is 18.2 Å². The smallest absolute Gasteiger partial charge is 0.250 e. The number of fused-ring (bicyclic) bond motifs is 5. The van der Waals surface area contributed by atoms with Gasteiger partial charge in [0.2, 0.25) is 0 Å². The molecule has 19 heavy (non-hydrogen) atoms. The van der Waals surface area contributed by atoms with Crippen molar-refractivity contribution in [2.75, 3.05) is 11.1 Å². The fourth-order valence-electron chi connectivity index (χ4n) is 4.59. The summed E-state index contributed by atoms with van der Waals surface area (Å²) in [6.07, 6.45) is 4.21. The Morgan fingerprint density at radius 3 is 2.53 bits per heavy atom. The van der Waals surface area contributed by atoms with E-state index >= 15 is 0 Å². The first-order chi connectivity index (χ1) is 9.15. The first-order valence-corrected chi connectivity index (χ1v) is 7.11. The van der Waals surface area contributed by atoms with Crippen molar-refractivity contribution in [3.63, 3.8) is 0 Å². The van der Waals surface area contributed by atoms with Gasteiger partial charge in [-0.1, -0.05) is 0 Å². The Bertz CT molecular complexity index is 540. The van der Waals surface area contributed by atoms with Crippen molar-refractivity contribution < 1.29 is 4.79 Å². The second-order valence-electron chi connectivity index (χ2n) is 6.33. The zero-order valence-electron chi connectivity index (χ0n) is 10.8. The van der Waals surface area contributed by atoms with Gasteiger partial charge in [0.1, 0.15) is 0 Å². The van der Waals surface area contributed by atoms with E-state index in [0.29, 0.717) is 17.3 Å². The number of nitrogens with two attached hydrogens (primary N) is 2. The van der Waals surface area contributed by atoms with Gasteiger partial charge in [-0.3, -0.25) is 4.79 Å². The van der Waals surface area contributed by atoms with Crippen LogP contribution in [0, 0.1) is 23.7 Å². The van der Waals surface area contributed by atoms with E-state index in [-0.39, 0.29) is 0 Å². The normalized spacial score (nSPS) is 38.0. The Morgan fingerprint density at radius 2 is 1.89 bits per heavy atom. The Morgan fingerprint density at radius 1 is 1.21 bits per heavy atom. The summed E-state index contributed by atoms with van der Waals surface area (Å²) in [5, 5.41) is 3.53. The van der Waals surface area contributed by atoms with E-state index in [1.54, 1.807) is 12.1 Å². The van der Waals surface area contributed by atoms with Crippen molar-refractivity contribution in [1.82, 2.24) is 0 Å². The van der Waals surface area contributed by atoms with E-state index in [2.05, 4.69) is 5.32 Å². The lowest BCUT2D eigenvalue weighted by atomic mass is 10.0. The van der Waals surface area contributed by atoms with Crippen molar-refractivity contribution in [1.29, 1.82) is 0 Å². The van der Waals surface area contributed by atoms with Crippen LogP contribution in [0.4, 0.5) is 11.4 Å². The number of benzene rings is 1. The van der Waals surface area contributed by atoms with Gasteiger partial charge < -0.3 is 16.8 Å². The van der Waals surface area contributed by atoms with E-state index in [1.807, 2.05) is 6.07 Å². The summed E-state index contributed by atoms with van der Waals surface area (Å²) in [7, 11) is 0. The lowest BCUT2D eigenvalue weighted by Crippen LogP contribution is -2.18. The molecule has 4 nitrogen and oxygen atoms in total.